The Morgan fingerprint density at radius 1 is 1.53 bits per heavy atom. The number of H-pyrrole nitrogens is 1. The van der Waals surface area contributed by atoms with Crippen LogP contribution in [-0.4, -0.2) is 32.3 Å². The lowest BCUT2D eigenvalue weighted by molar-refractivity contribution is 0.177. The molecule has 0 aliphatic rings. The van der Waals surface area contributed by atoms with Crippen LogP contribution in [-0.2, 0) is 11.3 Å². The predicted molar refractivity (Wildman–Crippen MR) is 61.1 cm³/mol. The zero-order valence-electron chi connectivity index (χ0n) is 9.04. The van der Waals surface area contributed by atoms with Crippen molar-refractivity contribution in [3.05, 3.63) is 18.2 Å². The highest BCUT2D eigenvalue weighted by Gasteiger charge is 2.07. The second kappa shape index (κ2) is 5.57. The van der Waals surface area contributed by atoms with Gasteiger partial charge in [-0.1, -0.05) is 0 Å². The van der Waals surface area contributed by atoms with Crippen LogP contribution in [0.4, 0.5) is 5.82 Å². The number of nitrogen functional groups attached to an aromatic ring is 1. The zero-order valence-corrected chi connectivity index (χ0v) is 9.86. The first-order valence-electron chi connectivity index (χ1n) is 4.68. The molecule has 90 valence electrons. The molecule has 0 aliphatic heterocycles. The monoisotopic (exact) mass is 253 g/mol. The third kappa shape index (κ3) is 3.12. The summed E-state index contributed by atoms with van der Waals surface area (Å²) < 4.78 is 4.98. The molecule has 8 nitrogen and oxygen atoms in total. The Morgan fingerprint density at radius 3 is 3.06 bits per heavy atom. The summed E-state index contributed by atoms with van der Waals surface area (Å²) in [6.45, 7) is 0.319. The number of aromatic amines is 1. The van der Waals surface area contributed by atoms with Crippen molar-refractivity contribution in [1.82, 2.24) is 25.1 Å². The maximum absolute atomic E-state index is 5.33. The first-order chi connectivity index (χ1) is 8.31. The number of nitrogens with two attached hydrogens (primary N) is 1. The van der Waals surface area contributed by atoms with E-state index in [1.165, 1.54) is 18.1 Å². The summed E-state index contributed by atoms with van der Waals surface area (Å²) in [7, 11) is 1.58. The molecule has 0 saturated carbocycles. The van der Waals surface area contributed by atoms with Gasteiger partial charge in [0.15, 0.2) is 11.0 Å². The van der Waals surface area contributed by atoms with E-state index in [0.717, 1.165) is 0 Å². The number of aromatic nitrogens is 5. The van der Waals surface area contributed by atoms with E-state index in [1.807, 2.05) is 0 Å². The van der Waals surface area contributed by atoms with Crippen LogP contribution in [0.15, 0.2) is 22.6 Å². The molecule has 0 unspecified atom stereocenters. The molecular weight excluding hydrogens is 242 g/mol. The van der Waals surface area contributed by atoms with E-state index >= 15 is 0 Å². The fourth-order valence-corrected chi connectivity index (χ4v) is 1.85. The minimum absolute atomic E-state index is 0.319. The van der Waals surface area contributed by atoms with Gasteiger partial charge < -0.3 is 10.2 Å². The third-order valence-electron chi connectivity index (χ3n) is 1.76. The molecule has 0 amide bonds. The van der Waals surface area contributed by atoms with Gasteiger partial charge in [0.05, 0.1) is 0 Å². The smallest absolute Gasteiger partial charge is 0.189 e. The van der Waals surface area contributed by atoms with Crippen LogP contribution in [0.2, 0.25) is 0 Å². The number of methoxy groups -OCH3 is 1. The maximum Gasteiger partial charge on any atom is 0.189 e. The van der Waals surface area contributed by atoms with Crippen LogP contribution in [0.25, 0.3) is 0 Å². The Bertz CT molecular complexity index is 475. The van der Waals surface area contributed by atoms with Crippen LogP contribution < -0.4 is 11.3 Å². The number of ether oxygens (including phenoxy) is 1. The number of hydrogen-bond acceptors (Lipinski definition) is 8. The molecule has 2 aromatic heterocycles. The van der Waals surface area contributed by atoms with E-state index in [2.05, 4.69) is 30.6 Å². The van der Waals surface area contributed by atoms with Gasteiger partial charge in [-0.05, 0) is 11.8 Å². The second-order valence-corrected chi connectivity index (χ2v) is 3.99. The number of rotatable bonds is 5. The Balaban J connectivity index is 2.23. The van der Waals surface area contributed by atoms with Crippen LogP contribution in [0.5, 0.6) is 0 Å². The van der Waals surface area contributed by atoms with Crippen LogP contribution in [0.3, 0.4) is 0 Å². The van der Waals surface area contributed by atoms with Crippen molar-refractivity contribution in [3.8, 4) is 0 Å². The van der Waals surface area contributed by atoms with Crippen LogP contribution in [0.1, 0.15) is 5.82 Å². The van der Waals surface area contributed by atoms with Crippen molar-refractivity contribution in [2.24, 2.45) is 5.84 Å². The average Bonchev–Trinajstić information content (AvgIpc) is 2.82. The number of hydrogen-bond donors (Lipinski definition) is 3. The fraction of sp³-hybridized carbons (Fsp3) is 0.250. The number of nitrogens with zero attached hydrogens (tertiary/aromatic N) is 4. The van der Waals surface area contributed by atoms with Gasteiger partial charge in [-0.15, -0.1) is 0 Å². The van der Waals surface area contributed by atoms with E-state index in [-0.39, 0.29) is 0 Å². The molecule has 2 heterocycles. The molecule has 0 saturated heterocycles. The number of nitrogens with one attached hydrogen (secondary N) is 2. The van der Waals surface area contributed by atoms with Gasteiger partial charge in [-0.2, -0.15) is 5.10 Å². The molecule has 0 spiro atoms. The summed E-state index contributed by atoms with van der Waals surface area (Å²) in [6, 6.07) is 1.71. The molecule has 0 aromatic carbocycles. The molecule has 17 heavy (non-hydrogen) atoms. The summed E-state index contributed by atoms with van der Waals surface area (Å²) in [5, 5.41) is 7.84. The topological polar surface area (TPSA) is 115 Å². The quantitative estimate of drug-likeness (QED) is 0.392. The number of anilines is 1. The van der Waals surface area contributed by atoms with E-state index in [0.29, 0.717) is 28.4 Å². The van der Waals surface area contributed by atoms with Crippen LogP contribution in [0, 0.1) is 0 Å². The van der Waals surface area contributed by atoms with Crippen molar-refractivity contribution in [3.63, 3.8) is 0 Å². The summed E-state index contributed by atoms with van der Waals surface area (Å²) in [5.74, 6) is 6.40. The standard InChI is InChI=1S/C8H11N7OS/c1-16-3-6-12-5(14-9)2-7(13-6)17-8-10-4-11-15-8/h2,4H,3,9H2,1H3,(H,10,11,15)(H,12,13,14). The minimum Gasteiger partial charge on any atom is -0.377 e. The van der Waals surface area contributed by atoms with Crippen molar-refractivity contribution in [2.75, 3.05) is 12.5 Å². The largest absolute Gasteiger partial charge is 0.377 e. The minimum atomic E-state index is 0.319. The molecule has 2 rings (SSSR count). The van der Waals surface area contributed by atoms with Crippen molar-refractivity contribution >= 4 is 17.6 Å². The Morgan fingerprint density at radius 2 is 2.41 bits per heavy atom. The molecule has 0 aliphatic carbocycles. The summed E-state index contributed by atoms with van der Waals surface area (Å²) in [6.07, 6.45) is 1.43. The fourth-order valence-electron chi connectivity index (χ4n) is 1.14. The zero-order chi connectivity index (χ0) is 12.1. The van der Waals surface area contributed by atoms with E-state index in [9.17, 15) is 0 Å². The predicted octanol–water partition coefficient (Wildman–Crippen LogP) is 0.178. The van der Waals surface area contributed by atoms with Crippen molar-refractivity contribution < 1.29 is 4.74 Å². The number of hydrazine groups is 1. The third-order valence-corrected chi connectivity index (χ3v) is 2.57. The van der Waals surface area contributed by atoms with Gasteiger partial charge in [0.2, 0.25) is 0 Å². The first kappa shape index (κ1) is 11.8. The Kier molecular flexibility index (Phi) is 3.85. The van der Waals surface area contributed by atoms with E-state index in [4.69, 9.17) is 10.6 Å². The summed E-state index contributed by atoms with van der Waals surface area (Å²) in [4.78, 5) is 12.4. The molecule has 0 atom stereocenters. The molecule has 0 radical (unpaired) electrons. The molecule has 4 N–H and O–H groups in total. The average molecular weight is 253 g/mol. The van der Waals surface area contributed by atoms with Gasteiger partial charge in [0.1, 0.15) is 23.8 Å². The van der Waals surface area contributed by atoms with E-state index in [1.54, 1.807) is 13.2 Å². The maximum atomic E-state index is 5.33. The lowest BCUT2D eigenvalue weighted by Gasteiger charge is -2.05. The summed E-state index contributed by atoms with van der Waals surface area (Å²) in [5.41, 5.74) is 2.48. The Labute approximate surface area is 101 Å². The highest BCUT2D eigenvalue weighted by atomic mass is 32.2. The van der Waals surface area contributed by atoms with Gasteiger partial charge >= 0.3 is 0 Å². The molecule has 2 aromatic rings. The van der Waals surface area contributed by atoms with Crippen LogP contribution >= 0.6 is 11.8 Å². The first-order valence-corrected chi connectivity index (χ1v) is 5.50. The van der Waals surface area contributed by atoms with Crippen molar-refractivity contribution in [2.45, 2.75) is 16.8 Å². The van der Waals surface area contributed by atoms with Gasteiger partial charge in [0.25, 0.3) is 0 Å². The molecule has 0 fully saturated rings. The highest BCUT2D eigenvalue weighted by molar-refractivity contribution is 7.99. The highest BCUT2D eigenvalue weighted by Crippen LogP contribution is 2.23. The lowest BCUT2D eigenvalue weighted by Crippen LogP contribution is -2.11. The Hall–Kier alpha value is -1.71. The summed E-state index contributed by atoms with van der Waals surface area (Å²) >= 11 is 1.33. The second-order valence-electron chi connectivity index (χ2n) is 2.98. The molecule has 0 bridgehead atoms. The SMILES string of the molecule is COCc1nc(NN)cc(Sc2ncn[nH]2)n1. The van der Waals surface area contributed by atoms with Gasteiger partial charge in [-0.25, -0.2) is 20.8 Å². The normalized spacial score (nSPS) is 10.5. The van der Waals surface area contributed by atoms with E-state index < -0.39 is 0 Å². The molecule has 9 heteroatoms. The molecular formula is C8H11N7OS. The lowest BCUT2D eigenvalue weighted by atomic mass is 10.5. The van der Waals surface area contributed by atoms with Gasteiger partial charge in [0, 0.05) is 13.2 Å². The van der Waals surface area contributed by atoms with Gasteiger partial charge in [-0.3, -0.25) is 5.10 Å². The van der Waals surface area contributed by atoms with Crippen molar-refractivity contribution in [1.29, 1.82) is 0 Å².